The molecule has 0 aliphatic heterocycles. The molecule has 0 aliphatic rings. The second kappa shape index (κ2) is 11.4. The molecule has 0 fully saturated rings. The Morgan fingerprint density at radius 2 is 0.980 bits per heavy atom. The van der Waals surface area contributed by atoms with Crippen molar-refractivity contribution in [3.05, 3.63) is 164 Å². The Morgan fingerprint density at radius 3 is 1.84 bits per heavy atom. The lowest BCUT2D eigenvalue weighted by atomic mass is 9.86. The molecule has 0 saturated heterocycles. The molecule has 5 heteroatoms. The van der Waals surface area contributed by atoms with E-state index >= 15 is 0 Å². The Morgan fingerprint density at radius 1 is 0.400 bits per heavy atom. The van der Waals surface area contributed by atoms with Gasteiger partial charge in [-0.2, -0.15) is 0 Å². The lowest BCUT2D eigenvalue weighted by Gasteiger charge is -2.19. The number of rotatable bonds is 5. The molecule has 10 rings (SSSR count). The molecular weight excluding hydrogens is 613 g/mol. The van der Waals surface area contributed by atoms with Crippen molar-refractivity contribution in [1.82, 2.24) is 20.4 Å². The van der Waals surface area contributed by atoms with Crippen LogP contribution in [-0.2, 0) is 0 Å². The first kappa shape index (κ1) is 28.2. The van der Waals surface area contributed by atoms with Gasteiger partial charge in [0.25, 0.3) is 0 Å². The summed E-state index contributed by atoms with van der Waals surface area (Å²) in [5.41, 5.74) is 13.5. The van der Waals surface area contributed by atoms with Gasteiger partial charge in [0, 0.05) is 49.3 Å². The van der Waals surface area contributed by atoms with Crippen LogP contribution < -0.4 is 0 Å². The van der Waals surface area contributed by atoms with Gasteiger partial charge in [-0.05, 0) is 45.7 Å². The maximum absolute atomic E-state index is 6.35. The average Bonchev–Trinajstić information content (AvgIpc) is 3.77. The molecule has 0 bridgehead atoms. The van der Waals surface area contributed by atoms with Crippen molar-refractivity contribution in [3.63, 3.8) is 0 Å². The lowest BCUT2D eigenvalue weighted by molar-refractivity contribution is 0.669. The quantitative estimate of drug-likeness (QED) is 0.203. The summed E-state index contributed by atoms with van der Waals surface area (Å²) >= 11 is 0. The van der Waals surface area contributed by atoms with Crippen LogP contribution in [0.2, 0.25) is 0 Å². The van der Waals surface area contributed by atoms with E-state index in [1.54, 1.807) is 0 Å². The van der Waals surface area contributed by atoms with Gasteiger partial charge in [-0.1, -0.05) is 146 Å². The third kappa shape index (κ3) is 4.37. The highest BCUT2D eigenvalue weighted by molar-refractivity contribution is 6.16. The van der Waals surface area contributed by atoms with Crippen molar-refractivity contribution < 1.29 is 4.42 Å². The fraction of sp³-hybridized carbons (Fsp3) is 0. The summed E-state index contributed by atoms with van der Waals surface area (Å²) in [6.45, 7) is 0. The van der Waals surface area contributed by atoms with Crippen LogP contribution in [0.5, 0.6) is 0 Å². The van der Waals surface area contributed by atoms with Gasteiger partial charge < -0.3 is 9.40 Å². The molecule has 0 aliphatic carbocycles. The summed E-state index contributed by atoms with van der Waals surface area (Å²) in [5, 5.41) is 18.6. The first-order valence-electron chi connectivity index (χ1n) is 16.7. The molecule has 10 aromatic rings. The van der Waals surface area contributed by atoms with Crippen LogP contribution in [0, 0.1) is 0 Å². The highest BCUT2D eigenvalue weighted by Crippen LogP contribution is 2.47. The number of aromatic nitrogens is 4. The number of benzene rings is 7. The zero-order valence-corrected chi connectivity index (χ0v) is 26.8. The first-order valence-corrected chi connectivity index (χ1v) is 16.7. The number of H-pyrrole nitrogens is 1. The number of para-hydroxylation sites is 3. The van der Waals surface area contributed by atoms with Crippen molar-refractivity contribution in [3.8, 4) is 55.9 Å². The van der Waals surface area contributed by atoms with E-state index in [2.05, 4.69) is 138 Å². The number of aromatic amines is 1. The highest BCUT2D eigenvalue weighted by Gasteiger charge is 2.25. The molecule has 3 aromatic heterocycles. The van der Waals surface area contributed by atoms with Crippen LogP contribution in [0.25, 0.3) is 99.6 Å². The zero-order chi connectivity index (χ0) is 33.0. The molecule has 0 unspecified atom stereocenters. The fourth-order valence-electron chi connectivity index (χ4n) is 7.52. The van der Waals surface area contributed by atoms with Gasteiger partial charge in [-0.3, -0.25) is 0 Å². The van der Waals surface area contributed by atoms with E-state index in [1.807, 2.05) is 36.4 Å². The van der Waals surface area contributed by atoms with Crippen molar-refractivity contribution in [2.75, 3.05) is 0 Å². The Kier molecular flexibility index (Phi) is 6.42. The molecule has 50 heavy (non-hydrogen) atoms. The minimum atomic E-state index is 0.742. The lowest BCUT2D eigenvalue weighted by Crippen LogP contribution is -2.02. The molecule has 0 radical (unpaired) electrons. The zero-order valence-electron chi connectivity index (χ0n) is 26.8. The number of hydrogen-bond donors (Lipinski definition) is 1. The Hall–Kier alpha value is -6.85. The number of nitrogens with one attached hydrogen (secondary N) is 1. The van der Waals surface area contributed by atoms with Crippen LogP contribution in [-0.4, -0.2) is 20.4 Å². The SMILES string of the molecule is c1ccc(-c2ccccc2-c2nnnc(-c3cccc4oc5ccccc5c34)c2-c2ccccc2-c2cccc3c2[nH]c2ccccc23)cc1. The van der Waals surface area contributed by atoms with Gasteiger partial charge in [0.15, 0.2) is 0 Å². The van der Waals surface area contributed by atoms with E-state index in [1.165, 1.54) is 10.8 Å². The maximum atomic E-state index is 6.35. The molecule has 0 atom stereocenters. The van der Waals surface area contributed by atoms with Crippen LogP contribution >= 0.6 is 0 Å². The molecule has 5 nitrogen and oxygen atoms in total. The van der Waals surface area contributed by atoms with E-state index < -0.39 is 0 Å². The minimum absolute atomic E-state index is 0.742. The van der Waals surface area contributed by atoms with E-state index in [-0.39, 0.29) is 0 Å². The fourth-order valence-corrected chi connectivity index (χ4v) is 7.52. The molecule has 0 saturated carbocycles. The topological polar surface area (TPSA) is 67.6 Å². The summed E-state index contributed by atoms with van der Waals surface area (Å²) in [5.74, 6) is 0. The average molecular weight is 641 g/mol. The standard InChI is InChI=1S/C45H28N4O/c1-2-14-28(15-3-1)29-16-4-7-20-33(29)44-42(45(48-49-47-44)37-24-13-27-40-41(37)36-21-9-11-26-39(36)50-40)32-19-6-5-17-30(32)34-22-12-23-35-31-18-8-10-25-38(31)46-43(34)35/h1-27,46H. The number of nitrogens with zero attached hydrogens (tertiary/aromatic N) is 3. The Labute approximate surface area is 287 Å². The van der Waals surface area contributed by atoms with E-state index in [0.717, 1.165) is 88.9 Å². The second-order valence-electron chi connectivity index (χ2n) is 12.5. The van der Waals surface area contributed by atoms with Crippen LogP contribution in [0.3, 0.4) is 0 Å². The first-order chi connectivity index (χ1) is 24.8. The van der Waals surface area contributed by atoms with Crippen molar-refractivity contribution in [2.24, 2.45) is 0 Å². The summed E-state index contributed by atoms with van der Waals surface area (Å²) in [4.78, 5) is 3.73. The van der Waals surface area contributed by atoms with Crippen molar-refractivity contribution in [1.29, 1.82) is 0 Å². The highest BCUT2D eigenvalue weighted by atomic mass is 16.3. The van der Waals surface area contributed by atoms with Gasteiger partial charge in [0.2, 0.25) is 0 Å². The number of furan rings is 1. The van der Waals surface area contributed by atoms with E-state index in [4.69, 9.17) is 14.6 Å². The maximum Gasteiger partial charge on any atom is 0.136 e. The molecule has 0 spiro atoms. The van der Waals surface area contributed by atoms with Crippen LogP contribution in [0.15, 0.2) is 168 Å². The van der Waals surface area contributed by atoms with Crippen LogP contribution in [0.4, 0.5) is 0 Å². The Balaban J connectivity index is 1.32. The predicted molar refractivity (Wildman–Crippen MR) is 204 cm³/mol. The predicted octanol–water partition coefficient (Wildman–Crippen LogP) is 11.7. The van der Waals surface area contributed by atoms with Gasteiger partial charge in [-0.15, -0.1) is 10.2 Å². The number of fused-ring (bicyclic) bond motifs is 6. The van der Waals surface area contributed by atoms with Gasteiger partial charge in [0.1, 0.15) is 22.6 Å². The smallest absolute Gasteiger partial charge is 0.136 e. The van der Waals surface area contributed by atoms with E-state index in [9.17, 15) is 0 Å². The van der Waals surface area contributed by atoms with Gasteiger partial charge in [0.05, 0.1) is 5.52 Å². The monoisotopic (exact) mass is 640 g/mol. The summed E-state index contributed by atoms with van der Waals surface area (Å²) in [6, 6.07) is 56.8. The molecule has 3 heterocycles. The van der Waals surface area contributed by atoms with Crippen molar-refractivity contribution >= 4 is 43.7 Å². The third-order valence-corrected chi connectivity index (χ3v) is 9.72. The molecule has 1 N–H and O–H groups in total. The molecule has 0 amide bonds. The summed E-state index contributed by atoms with van der Waals surface area (Å²) < 4.78 is 6.35. The van der Waals surface area contributed by atoms with Gasteiger partial charge >= 0.3 is 0 Å². The second-order valence-corrected chi connectivity index (χ2v) is 12.5. The normalized spacial score (nSPS) is 11.6. The Bertz CT molecular complexity index is 2890. The largest absolute Gasteiger partial charge is 0.456 e. The molecule has 7 aromatic carbocycles. The minimum Gasteiger partial charge on any atom is -0.456 e. The van der Waals surface area contributed by atoms with Gasteiger partial charge in [-0.25, -0.2) is 0 Å². The number of hydrogen-bond acceptors (Lipinski definition) is 4. The van der Waals surface area contributed by atoms with Crippen LogP contribution in [0.1, 0.15) is 0 Å². The molecule has 234 valence electrons. The third-order valence-electron chi connectivity index (χ3n) is 9.72. The molecular formula is C45H28N4O. The summed E-state index contributed by atoms with van der Waals surface area (Å²) in [7, 11) is 0. The van der Waals surface area contributed by atoms with Crippen molar-refractivity contribution in [2.45, 2.75) is 0 Å². The van der Waals surface area contributed by atoms with E-state index in [0.29, 0.717) is 0 Å². The summed E-state index contributed by atoms with van der Waals surface area (Å²) in [6.07, 6.45) is 0.